The maximum atomic E-state index is 11.4. The number of methoxy groups -OCH3 is 1. The van der Waals surface area contributed by atoms with Gasteiger partial charge in [0.1, 0.15) is 6.33 Å². The van der Waals surface area contributed by atoms with E-state index in [1.807, 2.05) is 12.1 Å². The minimum absolute atomic E-state index is 0.337. The number of hydrogen-bond acceptors (Lipinski definition) is 5. The first-order chi connectivity index (χ1) is 9.20. The molecule has 0 bridgehead atoms. The van der Waals surface area contributed by atoms with Gasteiger partial charge in [-0.05, 0) is 23.8 Å². The lowest BCUT2D eigenvalue weighted by atomic mass is 10.1. The van der Waals surface area contributed by atoms with E-state index in [-0.39, 0.29) is 5.97 Å². The lowest BCUT2D eigenvalue weighted by Crippen LogP contribution is -2.01. The molecule has 2 aromatic rings. The monoisotopic (exact) mass is 338 g/mol. The standard InChI is InChI=1S/C13H11BrN2O2S/c1-18-13(17)9-2-3-10(11(14)6-9)7-19-12-4-5-15-8-16-12/h2-6,8H,7H2,1H3. The van der Waals surface area contributed by atoms with E-state index in [1.165, 1.54) is 13.4 Å². The molecule has 0 aliphatic carbocycles. The second kappa shape index (κ2) is 6.68. The van der Waals surface area contributed by atoms with Crippen LogP contribution >= 0.6 is 27.7 Å². The Balaban J connectivity index is 2.07. The van der Waals surface area contributed by atoms with Gasteiger partial charge in [-0.2, -0.15) is 0 Å². The van der Waals surface area contributed by atoms with E-state index in [0.717, 1.165) is 20.8 Å². The molecule has 0 N–H and O–H groups in total. The van der Waals surface area contributed by atoms with Crippen LogP contribution in [0.4, 0.5) is 0 Å². The van der Waals surface area contributed by atoms with Gasteiger partial charge < -0.3 is 4.74 Å². The second-order valence-corrected chi connectivity index (χ2v) is 5.48. The van der Waals surface area contributed by atoms with Crippen LogP contribution in [0.3, 0.4) is 0 Å². The topological polar surface area (TPSA) is 52.1 Å². The maximum absolute atomic E-state index is 11.4. The van der Waals surface area contributed by atoms with Gasteiger partial charge in [-0.1, -0.05) is 22.0 Å². The molecule has 0 aliphatic rings. The molecule has 1 aromatic carbocycles. The third-order valence-electron chi connectivity index (χ3n) is 2.40. The van der Waals surface area contributed by atoms with E-state index in [9.17, 15) is 4.79 Å². The summed E-state index contributed by atoms with van der Waals surface area (Å²) in [5.74, 6) is 0.426. The number of ether oxygens (including phenoxy) is 1. The van der Waals surface area contributed by atoms with Gasteiger partial charge in [0.2, 0.25) is 0 Å². The molecule has 0 fully saturated rings. The number of aromatic nitrogens is 2. The molecular formula is C13H11BrN2O2S. The number of carbonyl (C=O) groups is 1. The zero-order valence-corrected chi connectivity index (χ0v) is 12.6. The van der Waals surface area contributed by atoms with E-state index < -0.39 is 0 Å². The fourth-order valence-corrected chi connectivity index (χ4v) is 2.96. The predicted molar refractivity (Wildman–Crippen MR) is 77.1 cm³/mol. The summed E-state index contributed by atoms with van der Waals surface area (Å²) < 4.78 is 5.56. The first kappa shape index (κ1) is 14.0. The molecule has 0 aliphatic heterocycles. The van der Waals surface area contributed by atoms with Crippen LogP contribution in [0.15, 0.2) is 46.3 Å². The van der Waals surface area contributed by atoms with Crippen molar-refractivity contribution in [1.82, 2.24) is 9.97 Å². The number of nitrogens with zero attached hydrogens (tertiary/aromatic N) is 2. The van der Waals surface area contributed by atoms with Crippen LogP contribution in [0.25, 0.3) is 0 Å². The average molecular weight is 339 g/mol. The van der Waals surface area contributed by atoms with Gasteiger partial charge >= 0.3 is 5.97 Å². The molecule has 2 rings (SSSR count). The Morgan fingerprint density at radius 3 is 2.89 bits per heavy atom. The highest BCUT2D eigenvalue weighted by molar-refractivity contribution is 9.10. The number of esters is 1. The van der Waals surface area contributed by atoms with Crippen molar-refractivity contribution < 1.29 is 9.53 Å². The summed E-state index contributed by atoms with van der Waals surface area (Å²) in [6, 6.07) is 7.29. The summed E-state index contributed by atoms with van der Waals surface area (Å²) in [6.45, 7) is 0. The zero-order chi connectivity index (χ0) is 13.7. The van der Waals surface area contributed by atoms with Gasteiger partial charge in [0.05, 0.1) is 17.7 Å². The Labute approximate surface area is 123 Å². The van der Waals surface area contributed by atoms with Crippen molar-refractivity contribution >= 4 is 33.7 Å². The second-order valence-electron chi connectivity index (χ2n) is 3.63. The van der Waals surface area contributed by atoms with Gasteiger partial charge in [0, 0.05) is 16.4 Å². The van der Waals surface area contributed by atoms with Crippen molar-refractivity contribution in [2.45, 2.75) is 10.8 Å². The number of thioether (sulfide) groups is 1. The maximum Gasteiger partial charge on any atom is 0.337 e. The summed E-state index contributed by atoms with van der Waals surface area (Å²) in [6.07, 6.45) is 3.24. The highest BCUT2D eigenvalue weighted by Crippen LogP contribution is 2.26. The summed E-state index contributed by atoms with van der Waals surface area (Å²) in [7, 11) is 1.37. The molecule has 0 amide bonds. The SMILES string of the molecule is COC(=O)c1ccc(CSc2ccncn2)c(Br)c1. The first-order valence-electron chi connectivity index (χ1n) is 5.46. The number of halogens is 1. The van der Waals surface area contributed by atoms with Gasteiger partial charge in [-0.3, -0.25) is 0 Å². The van der Waals surface area contributed by atoms with E-state index in [4.69, 9.17) is 0 Å². The molecule has 0 saturated carbocycles. The number of hydrogen-bond donors (Lipinski definition) is 0. The van der Waals surface area contributed by atoms with Gasteiger partial charge in [0.15, 0.2) is 0 Å². The largest absolute Gasteiger partial charge is 0.465 e. The van der Waals surface area contributed by atoms with Gasteiger partial charge in [0.25, 0.3) is 0 Å². The van der Waals surface area contributed by atoms with Crippen molar-refractivity contribution in [3.05, 3.63) is 52.4 Å². The molecule has 0 spiro atoms. The van der Waals surface area contributed by atoms with Crippen LogP contribution < -0.4 is 0 Å². The highest BCUT2D eigenvalue weighted by atomic mass is 79.9. The predicted octanol–water partition coefficient (Wildman–Crippen LogP) is 3.32. The van der Waals surface area contributed by atoms with Gasteiger partial charge in [-0.25, -0.2) is 14.8 Å². The Bertz CT molecular complexity index is 578. The smallest absolute Gasteiger partial charge is 0.337 e. The van der Waals surface area contributed by atoms with E-state index in [0.29, 0.717) is 5.56 Å². The molecule has 0 unspecified atom stereocenters. The van der Waals surface area contributed by atoms with Crippen LogP contribution in [-0.4, -0.2) is 23.0 Å². The third-order valence-corrected chi connectivity index (χ3v) is 4.14. The Morgan fingerprint density at radius 1 is 1.42 bits per heavy atom. The molecule has 6 heteroatoms. The number of benzene rings is 1. The quantitative estimate of drug-likeness (QED) is 0.486. The zero-order valence-electron chi connectivity index (χ0n) is 10.2. The first-order valence-corrected chi connectivity index (χ1v) is 7.24. The average Bonchev–Trinajstić information content (AvgIpc) is 2.46. The molecule has 98 valence electrons. The summed E-state index contributed by atoms with van der Waals surface area (Å²) in [5, 5.41) is 0.916. The fraction of sp³-hybridized carbons (Fsp3) is 0.154. The van der Waals surface area contributed by atoms with Crippen LogP contribution in [0.2, 0.25) is 0 Å². The third kappa shape index (κ3) is 3.78. The molecule has 1 heterocycles. The molecule has 0 saturated heterocycles. The van der Waals surface area contributed by atoms with Crippen LogP contribution in [0.1, 0.15) is 15.9 Å². The highest BCUT2D eigenvalue weighted by Gasteiger charge is 2.08. The minimum Gasteiger partial charge on any atom is -0.465 e. The van der Waals surface area contributed by atoms with E-state index in [1.54, 1.807) is 30.1 Å². The summed E-state index contributed by atoms with van der Waals surface area (Å²) in [4.78, 5) is 19.4. The molecule has 0 atom stereocenters. The lowest BCUT2D eigenvalue weighted by Gasteiger charge is -2.06. The van der Waals surface area contributed by atoms with E-state index in [2.05, 4.69) is 30.6 Å². The van der Waals surface area contributed by atoms with Crippen LogP contribution in [0, 0.1) is 0 Å². The molecule has 4 nitrogen and oxygen atoms in total. The van der Waals surface area contributed by atoms with Gasteiger partial charge in [-0.15, -0.1) is 11.8 Å². The Morgan fingerprint density at radius 2 is 2.26 bits per heavy atom. The van der Waals surface area contributed by atoms with Crippen LogP contribution in [-0.2, 0) is 10.5 Å². The van der Waals surface area contributed by atoms with E-state index >= 15 is 0 Å². The molecule has 0 radical (unpaired) electrons. The molecule has 19 heavy (non-hydrogen) atoms. The van der Waals surface area contributed by atoms with Crippen molar-refractivity contribution in [2.75, 3.05) is 7.11 Å². The molecular weight excluding hydrogens is 328 g/mol. The molecule has 1 aromatic heterocycles. The Kier molecular flexibility index (Phi) is 4.93. The lowest BCUT2D eigenvalue weighted by molar-refractivity contribution is 0.0600. The minimum atomic E-state index is -0.337. The normalized spacial score (nSPS) is 10.2. The number of carbonyl (C=O) groups excluding carboxylic acids is 1. The Hall–Kier alpha value is -1.40. The van der Waals surface area contributed by atoms with Crippen molar-refractivity contribution in [1.29, 1.82) is 0 Å². The van der Waals surface area contributed by atoms with Crippen molar-refractivity contribution in [2.24, 2.45) is 0 Å². The summed E-state index contributed by atoms with van der Waals surface area (Å²) in [5.41, 5.74) is 1.63. The summed E-state index contributed by atoms with van der Waals surface area (Å²) >= 11 is 5.07. The van der Waals surface area contributed by atoms with Crippen molar-refractivity contribution in [3.8, 4) is 0 Å². The van der Waals surface area contributed by atoms with Crippen molar-refractivity contribution in [3.63, 3.8) is 0 Å². The number of rotatable bonds is 4. The fourth-order valence-electron chi connectivity index (χ4n) is 1.42. The van der Waals surface area contributed by atoms with Crippen LogP contribution in [0.5, 0.6) is 0 Å².